The van der Waals surface area contributed by atoms with E-state index in [1.54, 1.807) is 17.6 Å². The zero-order valence-electron chi connectivity index (χ0n) is 14.4. The fourth-order valence-corrected chi connectivity index (χ4v) is 3.76. The van der Waals surface area contributed by atoms with Crippen molar-refractivity contribution in [1.82, 2.24) is 4.57 Å². The Kier molecular flexibility index (Phi) is 5.27. The largest absolute Gasteiger partial charge is 0.465 e. The number of carbonyl (C=O) groups is 2. The molecule has 0 saturated heterocycles. The van der Waals surface area contributed by atoms with E-state index in [0.29, 0.717) is 4.80 Å². The van der Waals surface area contributed by atoms with Crippen LogP contribution in [-0.2, 0) is 16.1 Å². The average molecular weight is 372 g/mol. The first-order chi connectivity index (χ1) is 12.5. The number of esters is 1. The lowest BCUT2D eigenvalue weighted by Crippen LogP contribution is -2.23. The minimum atomic E-state index is -0.690. The molecule has 3 aromatic rings. The van der Waals surface area contributed by atoms with Crippen LogP contribution in [0.2, 0.25) is 0 Å². The van der Waals surface area contributed by atoms with E-state index in [1.807, 2.05) is 25.1 Å². The van der Waals surface area contributed by atoms with E-state index in [1.165, 1.54) is 29.5 Å². The molecule has 0 radical (unpaired) electrons. The van der Waals surface area contributed by atoms with Gasteiger partial charge in [0.2, 0.25) is 0 Å². The maximum Gasteiger partial charge on any atom is 0.326 e. The number of rotatable bonds is 4. The van der Waals surface area contributed by atoms with Crippen molar-refractivity contribution in [1.29, 1.82) is 0 Å². The molecule has 1 aromatic heterocycles. The molecule has 0 bridgehead atoms. The number of para-hydroxylation sites is 1. The summed E-state index contributed by atoms with van der Waals surface area (Å²) in [6.07, 6.45) is 0. The van der Waals surface area contributed by atoms with Crippen molar-refractivity contribution in [3.63, 3.8) is 0 Å². The Hall–Kier alpha value is -2.80. The summed E-state index contributed by atoms with van der Waals surface area (Å²) < 4.78 is 21.4. The normalized spacial score (nSPS) is 11.7. The molecule has 0 N–H and O–H groups in total. The number of ether oxygens (including phenoxy) is 1. The monoisotopic (exact) mass is 372 g/mol. The number of aromatic nitrogens is 1. The van der Waals surface area contributed by atoms with Crippen LogP contribution in [0.15, 0.2) is 47.5 Å². The Balaban J connectivity index is 2.15. The predicted octanol–water partition coefficient (Wildman–Crippen LogP) is 3.45. The highest BCUT2D eigenvalue weighted by molar-refractivity contribution is 7.16. The van der Waals surface area contributed by atoms with Crippen LogP contribution in [0.3, 0.4) is 0 Å². The van der Waals surface area contributed by atoms with Gasteiger partial charge in [0, 0.05) is 0 Å². The Morgan fingerprint density at radius 2 is 1.96 bits per heavy atom. The number of hydrogen-bond donors (Lipinski definition) is 0. The zero-order chi connectivity index (χ0) is 18.7. The second kappa shape index (κ2) is 7.61. The van der Waals surface area contributed by atoms with Crippen LogP contribution in [-0.4, -0.2) is 23.1 Å². The van der Waals surface area contributed by atoms with E-state index < -0.39 is 17.7 Å². The number of halogens is 1. The van der Waals surface area contributed by atoms with Crippen molar-refractivity contribution >= 4 is 33.4 Å². The first kappa shape index (κ1) is 18.0. The molecule has 0 aliphatic carbocycles. The van der Waals surface area contributed by atoms with Gasteiger partial charge in [0.1, 0.15) is 12.4 Å². The molecular weight excluding hydrogens is 355 g/mol. The van der Waals surface area contributed by atoms with Crippen LogP contribution < -0.4 is 4.80 Å². The van der Waals surface area contributed by atoms with Gasteiger partial charge >= 0.3 is 5.97 Å². The second-order valence-electron chi connectivity index (χ2n) is 5.59. The summed E-state index contributed by atoms with van der Waals surface area (Å²) >= 11 is 1.27. The fraction of sp³-hybridized carbons (Fsp3) is 0.211. The molecule has 134 valence electrons. The van der Waals surface area contributed by atoms with Gasteiger partial charge in [-0.3, -0.25) is 9.59 Å². The summed E-state index contributed by atoms with van der Waals surface area (Å²) in [5.41, 5.74) is 1.65. The molecule has 1 amide bonds. The number of benzene rings is 2. The van der Waals surface area contributed by atoms with Crippen LogP contribution in [0.4, 0.5) is 4.39 Å². The maximum absolute atomic E-state index is 13.9. The Bertz CT molecular complexity index is 1050. The van der Waals surface area contributed by atoms with Gasteiger partial charge in [-0.25, -0.2) is 4.39 Å². The van der Waals surface area contributed by atoms with Crippen molar-refractivity contribution in [3.05, 3.63) is 64.2 Å². The predicted molar refractivity (Wildman–Crippen MR) is 97.5 cm³/mol. The molecule has 26 heavy (non-hydrogen) atoms. The Morgan fingerprint density at radius 3 is 2.69 bits per heavy atom. The van der Waals surface area contributed by atoms with E-state index in [2.05, 4.69) is 4.99 Å². The fourth-order valence-electron chi connectivity index (χ4n) is 2.66. The van der Waals surface area contributed by atoms with Crippen LogP contribution in [0.25, 0.3) is 10.2 Å². The molecule has 1 heterocycles. The summed E-state index contributed by atoms with van der Waals surface area (Å²) in [5, 5.41) is 0. The average Bonchev–Trinajstić information content (AvgIpc) is 2.94. The Morgan fingerprint density at radius 1 is 1.19 bits per heavy atom. The van der Waals surface area contributed by atoms with E-state index in [-0.39, 0.29) is 18.7 Å². The van der Waals surface area contributed by atoms with Gasteiger partial charge in [-0.2, -0.15) is 4.99 Å². The van der Waals surface area contributed by atoms with Gasteiger partial charge in [-0.15, -0.1) is 0 Å². The SMILES string of the molecule is CCOC(=O)Cn1c(=NC(=O)c2ccccc2F)sc2cccc(C)c21. The lowest BCUT2D eigenvalue weighted by atomic mass is 10.2. The first-order valence-electron chi connectivity index (χ1n) is 8.09. The highest BCUT2D eigenvalue weighted by Gasteiger charge is 2.15. The van der Waals surface area contributed by atoms with Crippen molar-refractivity contribution in [2.24, 2.45) is 4.99 Å². The lowest BCUT2D eigenvalue weighted by Gasteiger charge is -2.06. The molecule has 0 saturated carbocycles. The molecule has 3 rings (SSSR count). The van der Waals surface area contributed by atoms with Gasteiger partial charge in [0.25, 0.3) is 5.91 Å². The van der Waals surface area contributed by atoms with Crippen LogP contribution in [0.5, 0.6) is 0 Å². The molecule has 5 nitrogen and oxygen atoms in total. The number of fused-ring (bicyclic) bond motifs is 1. The van der Waals surface area contributed by atoms with E-state index in [4.69, 9.17) is 4.74 Å². The van der Waals surface area contributed by atoms with Crippen LogP contribution >= 0.6 is 11.3 Å². The number of nitrogens with zero attached hydrogens (tertiary/aromatic N) is 2. The first-order valence-corrected chi connectivity index (χ1v) is 8.91. The van der Waals surface area contributed by atoms with Crippen LogP contribution in [0.1, 0.15) is 22.8 Å². The van der Waals surface area contributed by atoms with Crippen molar-refractivity contribution < 1.29 is 18.7 Å². The molecule has 0 atom stereocenters. The minimum Gasteiger partial charge on any atom is -0.465 e. The van der Waals surface area contributed by atoms with Gasteiger partial charge in [-0.1, -0.05) is 35.6 Å². The molecule has 0 unspecified atom stereocenters. The van der Waals surface area contributed by atoms with Gasteiger partial charge in [0.05, 0.1) is 22.4 Å². The summed E-state index contributed by atoms with van der Waals surface area (Å²) in [7, 11) is 0. The molecule has 0 fully saturated rings. The molecule has 2 aromatic carbocycles. The number of amides is 1. The minimum absolute atomic E-state index is 0.0674. The summed E-state index contributed by atoms with van der Waals surface area (Å²) in [6.45, 7) is 3.84. The third-order valence-corrected chi connectivity index (χ3v) is 4.84. The molecule has 7 heteroatoms. The highest BCUT2D eigenvalue weighted by atomic mass is 32.1. The number of hydrogen-bond acceptors (Lipinski definition) is 4. The van der Waals surface area contributed by atoms with Crippen molar-refractivity contribution in [3.8, 4) is 0 Å². The Labute approximate surface area is 153 Å². The van der Waals surface area contributed by atoms with Crippen molar-refractivity contribution in [2.75, 3.05) is 6.61 Å². The quantitative estimate of drug-likeness (QED) is 0.659. The third-order valence-electron chi connectivity index (χ3n) is 3.80. The number of thiazole rings is 1. The summed E-state index contributed by atoms with van der Waals surface area (Å²) in [5.74, 6) is -1.74. The van der Waals surface area contributed by atoms with Gasteiger partial charge in [0.15, 0.2) is 4.80 Å². The van der Waals surface area contributed by atoms with Gasteiger partial charge in [-0.05, 0) is 37.6 Å². The van der Waals surface area contributed by atoms with Gasteiger partial charge < -0.3 is 9.30 Å². The molecule has 0 aliphatic heterocycles. The van der Waals surface area contributed by atoms with E-state index in [0.717, 1.165) is 15.8 Å². The number of carbonyl (C=O) groups excluding carboxylic acids is 2. The third kappa shape index (κ3) is 3.57. The summed E-state index contributed by atoms with van der Waals surface area (Å²) in [4.78, 5) is 28.8. The maximum atomic E-state index is 13.9. The van der Waals surface area contributed by atoms with E-state index >= 15 is 0 Å². The second-order valence-corrected chi connectivity index (χ2v) is 6.60. The highest BCUT2D eigenvalue weighted by Crippen LogP contribution is 2.21. The topological polar surface area (TPSA) is 60.7 Å². The molecule has 0 spiro atoms. The van der Waals surface area contributed by atoms with E-state index in [9.17, 15) is 14.0 Å². The smallest absolute Gasteiger partial charge is 0.326 e. The number of aryl methyl sites for hydroxylation is 1. The zero-order valence-corrected chi connectivity index (χ0v) is 15.2. The standard InChI is InChI=1S/C19H17FN2O3S/c1-3-25-16(23)11-22-17-12(2)7-6-10-15(17)26-19(22)21-18(24)13-8-4-5-9-14(13)20/h4-10H,3,11H2,1-2H3. The summed E-state index contributed by atoms with van der Waals surface area (Å²) in [6, 6.07) is 11.4. The van der Waals surface area contributed by atoms with Crippen LogP contribution in [0, 0.1) is 12.7 Å². The lowest BCUT2D eigenvalue weighted by molar-refractivity contribution is -0.143. The molecule has 0 aliphatic rings. The van der Waals surface area contributed by atoms with Crippen molar-refractivity contribution in [2.45, 2.75) is 20.4 Å². The molecular formula is C19H17FN2O3S.